The lowest BCUT2D eigenvalue weighted by Gasteiger charge is -2.37. The monoisotopic (exact) mass is 155 g/mol. The summed E-state index contributed by atoms with van der Waals surface area (Å²) in [5.41, 5.74) is 0. The van der Waals surface area contributed by atoms with Gasteiger partial charge in [0.15, 0.2) is 0 Å². The number of nitrogens with one attached hydrogen (secondary N) is 1. The van der Waals surface area contributed by atoms with Crippen molar-refractivity contribution < 1.29 is 5.11 Å². The molecule has 2 aliphatic rings. The molecular weight excluding hydrogens is 138 g/mol. The highest BCUT2D eigenvalue weighted by molar-refractivity contribution is 4.84. The summed E-state index contributed by atoms with van der Waals surface area (Å²) in [6.45, 7) is 2.35. The van der Waals surface area contributed by atoms with E-state index < -0.39 is 0 Å². The van der Waals surface area contributed by atoms with Crippen molar-refractivity contribution >= 4 is 0 Å². The van der Waals surface area contributed by atoms with Crippen molar-refractivity contribution in [1.82, 2.24) is 5.32 Å². The zero-order valence-electron chi connectivity index (χ0n) is 6.92. The maximum atomic E-state index is 9.43. The maximum absolute atomic E-state index is 9.43. The minimum absolute atomic E-state index is 0.00866. The first-order valence-electron chi connectivity index (χ1n) is 4.75. The number of hydrogen-bond acceptors (Lipinski definition) is 2. The molecule has 0 radical (unpaired) electrons. The van der Waals surface area contributed by atoms with Crippen LogP contribution in [0.1, 0.15) is 25.7 Å². The molecule has 1 heterocycles. The Labute approximate surface area is 68.0 Å². The largest absolute Gasteiger partial charge is 0.393 e. The first-order chi connectivity index (χ1) is 5.36. The Balaban J connectivity index is 1.93. The molecule has 0 unspecified atom stereocenters. The standard InChI is InChI=1S/C9H17NO/c11-9-2-1-8-6-10-4-3-7(8)5-9/h7-11H,1-6H2/t7-,8-,9-/m1/s1. The van der Waals surface area contributed by atoms with Crippen LogP contribution in [0.15, 0.2) is 0 Å². The molecule has 0 aromatic heterocycles. The normalized spacial score (nSPS) is 45.0. The van der Waals surface area contributed by atoms with E-state index in [1.54, 1.807) is 0 Å². The van der Waals surface area contributed by atoms with Crippen LogP contribution in [0, 0.1) is 11.8 Å². The van der Waals surface area contributed by atoms with Crippen molar-refractivity contribution in [2.75, 3.05) is 13.1 Å². The van der Waals surface area contributed by atoms with Gasteiger partial charge in [-0.3, -0.25) is 0 Å². The predicted molar refractivity (Wildman–Crippen MR) is 44.3 cm³/mol. The molecule has 2 N–H and O–H groups in total. The molecule has 0 amide bonds. The summed E-state index contributed by atoms with van der Waals surface area (Å²) in [7, 11) is 0. The van der Waals surface area contributed by atoms with Gasteiger partial charge in [-0.15, -0.1) is 0 Å². The molecule has 64 valence electrons. The Morgan fingerprint density at radius 1 is 1.09 bits per heavy atom. The summed E-state index contributed by atoms with van der Waals surface area (Å²) >= 11 is 0. The number of aliphatic hydroxyl groups excluding tert-OH is 1. The molecule has 0 aromatic rings. The molecule has 1 aliphatic heterocycles. The second-order valence-electron chi connectivity index (χ2n) is 3.98. The van der Waals surface area contributed by atoms with E-state index in [-0.39, 0.29) is 6.10 Å². The number of piperidine rings is 1. The molecule has 0 spiro atoms. The molecule has 1 saturated carbocycles. The van der Waals surface area contributed by atoms with Crippen LogP contribution in [0.2, 0.25) is 0 Å². The van der Waals surface area contributed by atoms with Gasteiger partial charge in [-0.05, 0) is 50.6 Å². The van der Waals surface area contributed by atoms with Gasteiger partial charge in [-0.1, -0.05) is 0 Å². The Hall–Kier alpha value is -0.0800. The molecular formula is C9H17NO. The van der Waals surface area contributed by atoms with Gasteiger partial charge in [-0.2, -0.15) is 0 Å². The Morgan fingerprint density at radius 3 is 2.91 bits per heavy atom. The molecule has 1 aliphatic carbocycles. The van der Waals surface area contributed by atoms with Crippen molar-refractivity contribution in [3.05, 3.63) is 0 Å². The molecule has 11 heavy (non-hydrogen) atoms. The molecule has 2 nitrogen and oxygen atoms in total. The van der Waals surface area contributed by atoms with E-state index in [9.17, 15) is 5.11 Å². The first kappa shape index (κ1) is 7.56. The van der Waals surface area contributed by atoms with E-state index in [1.165, 1.54) is 19.4 Å². The topological polar surface area (TPSA) is 32.3 Å². The summed E-state index contributed by atoms with van der Waals surface area (Å²) in [4.78, 5) is 0. The van der Waals surface area contributed by atoms with E-state index in [1.807, 2.05) is 0 Å². The molecule has 2 rings (SSSR count). The van der Waals surface area contributed by atoms with E-state index in [2.05, 4.69) is 5.32 Å². The van der Waals surface area contributed by atoms with E-state index in [4.69, 9.17) is 0 Å². The van der Waals surface area contributed by atoms with Crippen LogP contribution in [-0.2, 0) is 0 Å². The molecule has 0 bridgehead atoms. The van der Waals surface area contributed by atoms with E-state index >= 15 is 0 Å². The van der Waals surface area contributed by atoms with E-state index in [0.29, 0.717) is 0 Å². The lowest BCUT2D eigenvalue weighted by Crippen LogP contribution is -2.41. The van der Waals surface area contributed by atoms with Crippen molar-refractivity contribution in [3.8, 4) is 0 Å². The number of rotatable bonds is 0. The Morgan fingerprint density at radius 2 is 2.00 bits per heavy atom. The summed E-state index contributed by atoms with van der Waals surface area (Å²) in [6.07, 6.45) is 4.62. The zero-order chi connectivity index (χ0) is 7.68. The molecule has 3 atom stereocenters. The summed E-state index contributed by atoms with van der Waals surface area (Å²) in [6, 6.07) is 0. The van der Waals surface area contributed by atoms with Gasteiger partial charge in [-0.25, -0.2) is 0 Å². The van der Waals surface area contributed by atoms with Gasteiger partial charge >= 0.3 is 0 Å². The van der Waals surface area contributed by atoms with Crippen LogP contribution < -0.4 is 5.32 Å². The summed E-state index contributed by atoms with van der Waals surface area (Å²) < 4.78 is 0. The Kier molecular flexibility index (Phi) is 2.14. The van der Waals surface area contributed by atoms with E-state index in [0.717, 1.165) is 31.2 Å². The lowest BCUT2D eigenvalue weighted by atomic mass is 9.74. The van der Waals surface area contributed by atoms with Crippen molar-refractivity contribution in [2.45, 2.75) is 31.8 Å². The van der Waals surface area contributed by atoms with Crippen LogP contribution in [0.25, 0.3) is 0 Å². The number of fused-ring (bicyclic) bond motifs is 1. The SMILES string of the molecule is O[C@@H]1CC[C@@H]2CNCC[C@@H]2C1. The summed E-state index contributed by atoms with van der Waals surface area (Å²) in [5, 5.41) is 12.8. The molecule has 0 aromatic carbocycles. The van der Waals surface area contributed by atoms with Crippen LogP contribution in [-0.4, -0.2) is 24.3 Å². The fourth-order valence-corrected chi connectivity index (χ4v) is 2.50. The highest BCUT2D eigenvalue weighted by Gasteiger charge is 2.30. The smallest absolute Gasteiger partial charge is 0.0543 e. The van der Waals surface area contributed by atoms with Crippen molar-refractivity contribution in [3.63, 3.8) is 0 Å². The van der Waals surface area contributed by atoms with Gasteiger partial charge in [0.1, 0.15) is 0 Å². The Bertz CT molecular complexity index is 138. The zero-order valence-corrected chi connectivity index (χ0v) is 6.92. The van der Waals surface area contributed by atoms with Gasteiger partial charge in [0.25, 0.3) is 0 Å². The second-order valence-corrected chi connectivity index (χ2v) is 3.98. The minimum atomic E-state index is 0.00866. The number of hydrogen-bond donors (Lipinski definition) is 2. The van der Waals surface area contributed by atoms with Crippen LogP contribution in [0.4, 0.5) is 0 Å². The third-order valence-electron chi connectivity index (χ3n) is 3.21. The predicted octanol–water partition coefficient (Wildman–Crippen LogP) is 0.757. The minimum Gasteiger partial charge on any atom is -0.393 e. The quantitative estimate of drug-likeness (QED) is 0.541. The average Bonchev–Trinajstić information content (AvgIpc) is 2.04. The van der Waals surface area contributed by atoms with Gasteiger partial charge in [0, 0.05) is 0 Å². The molecule has 2 fully saturated rings. The summed E-state index contributed by atoms with van der Waals surface area (Å²) in [5.74, 6) is 1.69. The number of aliphatic hydroxyl groups is 1. The van der Waals surface area contributed by atoms with Gasteiger partial charge in [0.05, 0.1) is 6.10 Å². The molecule has 2 heteroatoms. The first-order valence-corrected chi connectivity index (χ1v) is 4.75. The molecule has 1 saturated heterocycles. The van der Waals surface area contributed by atoms with Gasteiger partial charge in [0.2, 0.25) is 0 Å². The maximum Gasteiger partial charge on any atom is 0.0543 e. The fraction of sp³-hybridized carbons (Fsp3) is 1.00. The second kappa shape index (κ2) is 3.11. The van der Waals surface area contributed by atoms with Crippen molar-refractivity contribution in [1.29, 1.82) is 0 Å². The highest BCUT2D eigenvalue weighted by atomic mass is 16.3. The van der Waals surface area contributed by atoms with Crippen molar-refractivity contribution in [2.24, 2.45) is 11.8 Å². The lowest BCUT2D eigenvalue weighted by molar-refractivity contribution is 0.0549. The van der Waals surface area contributed by atoms with Crippen LogP contribution in [0.3, 0.4) is 0 Å². The average molecular weight is 155 g/mol. The van der Waals surface area contributed by atoms with Gasteiger partial charge < -0.3 is 10.4 Å². The third kappa shape index (κ3) is 1.57. The van der Waals surface area contributed by atoms with Crippen LogP contribution in [0.5, 0.6) is 0 Å². The highest BCUT2D eigenvalue weighted by Crippen LogP contribution is 2.33. The third-order valence-corrected chi connectivity index (χ3v) is 3.21. The fourth-order valence-electron chi connectivity index (χ4n) is 2.50. The van der Waals surface area contributed by atoms with Crippen LogP contribution >= 0.6 is 0 Å².